The lowest BCUT2D eigenvalue weighted by Gasteiger charge is -2.30. The maximum Gasteiger partial charge on any atom is 0.210 e. The first kappa shape index (κ1) is 19.3. The first-order valence-corrected chi connectivity index (χ1v) is 13.1. The van der Waals surface area contributed by atoms with Gasteiger partial charge in [-0.25, -0.2) is 0 Å². The molecule has 0 amide bonds. The van der Waals surface area contributed by atoms with Crippen LogP contribution in [-0.4, -0.2) is 17.0 Å². The van der Waals surface area contributed by atoms with Crippen LogP contribution in [0.4, 0.5) is 0 Å². The van der Waals surface area contributed by atoms with Crippen molar-refractivity contribution in [2.75, 3.05) is 6.61 Å². The van der Waals surface area contributed by atoms with Crippen LogP contribution in [0.2, 0.25) is 0 Å². The van der Waals surface area contributed by atoms with Crippen molar-refractivity contribution in [3.8, 4) is 0 Å². The number of benzene rings is 3. The van der Waals surface area contributed by atoms with Gasteiger partial charge < -0.3 is 9.42 Å². The molecule has 0 heterocycles. The first-order valence-electron chi connectivity index (χ1n) is 8.48. The fourth-order valence-electron chi connectivity index (χ4n) is 3.07. The van der Waals surface area contributed by atoms with Gasteiger partial charge in [-0.2, -0.15) is 0 Å². The zero-order valence-electron chi connectivity index (χ0n) is 14.6. The molecule has 1 unspecified atom stereocenters. The van der Waals surface area contributed by atoms with E-state index in [2.05, 4.69) is 36.4 Å². The minimum Gasteiger partial charge on any atom is -0.342 e. The van der Waals surface area contributed by atoms with Crippen molar-refractivity contribution in [3.05, 3.63) is 91.0 Å². The van der Waals surface area contributed by atoms with Gasteiger partial charge in [0, 0.05) is 5.54 Å². The third-order valence-corrected chi connectivity index (χ3v) is 11.8. The van der Waals surface area contributed by atoms with Gasteiger partial charge in [0.25, 0.3) is 0 Å². The highest BCUT2D eigenvalue weighted by Gasteiger charge is 2.28. The van der Waals surface area contributed by atoms with Crippen molar-refractivity contribution in [2.24, 2.45) is 0 Å². The van der Waals surface area contributed by atoms with Crippen LogP contribution in [-0.2, 0) is 16.3 Å². The summed E-state index contributed by atoms with van der Waals surface area (Å²) in [6, 6.07) is 30.9. The Bertz CT molecular complexity index is 838. The van der Waals surface area contributed by atoms with Gasteiger partial charge in [0.1, 0.15) is 0 Å². The highest BCUT2D eigenvalue weighted by atomic mass is 32.5. The molecule has 0 saturated carbocycles. The standard InChI is InChI=1S/C21H22O2P2S/c1-2-23-25(22,26)18-24(19-12-6-3-7-13-19,20-14-8-4-9-15-20)21-16-10-5-11-17-21/h3-18H,2H2,1H3,(H,22,26). The lowest BCUT2D eigenvalue weighted by atomic mass is 10.4. The molecule has 1 N–H and O–H groups in total. The second-order valence-electron chi connectivity index (χ2n) is 5.83. The average molecular weight is 400 g/mol. The summed E-state index contributed by atoms with van der Waals surface area (Å²) in [4.78, 5) is 10.9. The summed E-state index contributed by atoms with van der Waals surface area (Å²) in [5, 5.41) is 3.46. The molecular weight excluding hydrogens is 378 g/mol. The van der Waals surface area contributed by atoms with E-state index >= 15 is 0 Å². The number of rotatable bonds is 6. The van der Waals surface area contributed by atoms with E-state index in [0.717, 1.165) is 15.9 Å². The summed E-state index contributed by atoms with van der Waals surface area (Å²) in [5.41, 5.74) is 1.94. The Morgan fingerprint density at radius 3 is 1.42 bits per heavy atom. The summed E-state index contributed by atoms with van der Waals surface area (Å²) >= 11 is 5.51. The Balaban J connectivity index is 2.44. The lowest BCUT2D eigenvalue weighted by Crippen LogP contribution is -2.27. The van der Waals surface area contributed by atoms with E-state index in [1.54, 1.807) is 0 Å². The van der Waals surface area contributed by atoms with Crippen molar-refractivity contribution in [1.82, 2.24) is 0 Å². The quantitative estimate of drug-likeness (QED) is 0.633. The molecule has 2 nitrogen and oxygen atoms in total. The van der Waals surface area contributed by atoms with Crippen LogP contribution >= 0.6 is 13.4 Å². The summed E-state index contributed by atoms with van der Waals surface area (Å²) in [6.45, 7) is -3.06. The normalized spacial score (nSPS) is 13.8. The van der Waals surface area contributed by atoms with Crippen molar-refractivity contribution < 1.29 is 9.42 Å². The molecule has 1 atom stereocenters. The average Bonchev–Trinajstić information content (AvgIpc) is 2.68. The van der Waals surface area contributed by atoms with E-state index in [1.165, 1.54) is 0 Å². The topological polar surface area (TPSA) is 29.5 Å². The third-order valence-electron chi connectivity index (χ3n) is 4.12. The fraction of sp³-hybridized carbons (Fsp3) is 0.0952. The van der Waals surface area contributed by atoms with Gasteiger partial charge in [0.05, 0.1) is 6.61 Å². The Morgan fingerprint density at radius 1 is 0.769 bits per heavy atom. The molecule has 0 spiro atoms. The fourth-order valence-corrected chi connectivity index (χ4v) is 11.5. The van der Waals surface area contributed by atoms with Gasteiger partial charge >= 0.3 is 0 Å². The molecule has 0 aromatic heterocycles. The smallest absolute Gasteiger partial charge is 0.210 e. The molecule has 0 aliphatic rings. The van der Waals surface area contributed by atoms with Crippen LogP contribution in [0, 0.1) is 0 Å². The lowest BCUT2D eigenvalue weighted by molar-refractivity contribution is 0.338. The molecule has 134 valence electrons. The van der Waals surface area contributed by atoms with E-state index in [9.17, 15) is 4.89 Å². The largest absolute Gasteiger partial charge is 0.342 e. The zero-order chi connectivity index (χ0) is 18.5. The molecule has 0 aliphatic carbocycles. The summed E-state index contributed by atoms with van der Waals surface area (Å²) in [7, 11) is 0. The third kappa shape index (κ3) is 4.09. The van der Waals surface area contributed by atoms with Crippen LogP contribution in [0.1, 0.15) is 6.92 Å². The van der Waals surface area contributed by atoms with Crippen LogP contribution in [0.15, 0.2) is 91.0 Å². The predicted molar refractivity (Wildman–Crippen MR) is 119 cm³/mol. The van der Waals surface area contributed by atoms with Gasteiger partial charge in [-0.3, -0.25) is 0 Å². The molecule has 0 saturated heterocycles. The molecule has 3 aromatic rings. The molecule has 0 aliphatic heterocycles. The van der Waals surface area contributed by atoms with E-state index < -0.39 is 13.4 Å². The van der Waals surface area contributed by atoms with E-state index in [-0.39, 0.29) is 0 Å². The summed E-state index contributed by atoms with van der Waals surface area (Å²) in [6.07, 6.45) is 0. The Labute approximate surface area is 160 Å². The van der Waals surface area contributed by atoms with Crippen LogP contribution in [0.5, 0.6) is 0 Å². The molecular formula is C21H22O2P2S. The maximum atomic E-state index is 10.9. The summed E-state index contributed by atoms with van der Waals surface area (Å²) < 4.78 is 5.60. The SMILES string of the molecule is CCOP(O)(=S)C=P(c1ccccc1)(c1ccccc1)c1ccccc1. The van der Waals surface area contributed by atoms with Crippen molar-refractivity contribution >= 4 is 46.6 Å². The van der Waals surface area contributed by atoms with Crippen molar-refractivity contribution in [1.29, 1.82) is 0 Å². The molecule has 0 bridgehead atoms. The highest BCUT2D eigenvalue weighted by Crippen LogP contribution is 2.53. The predicted octanol–water partition coefficient (Wildman–Crippen LogP) is 4.08. The van der Waals surface area contributed by atoms with Gasteiger partial charge in [0.15, 0.2) is 0 Å². The molecule has 3 rings (SSSR count). The van der Waals surface area contributed by atoms with Gasteiger partial charge in [-0.15, -0.1) is 0 Å². The van der Waals surface area contributed by atoms with Crippen LogP contribution in [0.3, 0.4) is 0 Å². The minimum absolute atomic E-state index is 0.392. The minimum atomic E-state index is -3.05. The molecule has 5 heteroatoms. The number of hydrogen-bond donors (Lipinski definition) is 1. The first-order chi connectivity index (χ1) is 12.6. The molecule has 0 radical (unpaired) electrons. The van der Waals surface area contributed by atoms with Gasteiger partial charge in [0.2, 0.25) is 6.49 Å². The van der Waals surface area contributed by atoms with E-state index in [4.69, 9.17) is 16.3 Å². The molecule has 0 fully saturated rings. The second kappa shape index (κ2) is 8.48. The van der Waals surface area contributed by atoms with Crippen molar-refractivity contribution in [2.45, 2.75) is 6.92 Å². The zero-order valence-corrected chi connectivity index (χ0v) is 17.2. The Morgan fingerprint density at radius 2 is 1.12 bits per heavy atom. The van der Waals surface area contributed by atoms with Gasteiger partial charge in [-0.05, 0) is 41.5 Å². The second-order valence-corrected chi connectivity index (χ2v) is 12.7. The monoisotopic (exact) mass is 400 g/mol. The Kier molecular flexibility index (Phi) is 6.29. The van der Waals surface area contributed by atoms with Gasteiger partial charge in [-0.1, -0.05) is 91.0 Å². The Hall–Kier alpha value is -1.47. The van der Waals surface area contributed by atoms with E-state index in [0.29, 0.717) is 6.61 Å². The number of hydrogen-bond acceptors (Lipinski definition) is 2. The van der Waals surface area contributed by atoms with Crippen LogP contribution < -0.4 is 15.9 Å². The highest BCUT2D eigenvalue weighted by molar-refractivity contribution is 8.23. The van der Waals surface area contributed by atoms with Crippen LogP contribution in [0.25, 0.3) is 0 Å². The molecule has 26 heavy (non-hydrogen) atoms. The van der Waals surface area contributed by atoms with Crippen molar-refractivity contribution in [3.63, 3.8) is 0 Å². The maximum absolute atomic E-state index is 10.9. The molecule has 3 aromatic carbocycles. The summed E-state index contributed by atoms with van der Waals surface area (Å²) in [5.74, 6) is 0. The van der Waals surface area contributed by atoms with E-state index in [1.807, 2.05) is 67.1 Å².